The van der Waals surface area contributed by atoms with E-state index in [1.807, 2.05) is 6.92 Å². The summed E-state index contributed by atoms with van der Waals surface area (Å²) in [6, 6.07) is 0. The molecule has 4 heteroatoms. The molecule has 4 nitrogen and oxygen atoms in total. The minimum absolute atomic E-state index is 0.0396. The molecule has 0 aliphatic rings. The van der Waals surface area contributed by atoms with Crippen LogP contribution in [0.3, 0.4) is 0 Å². The summed E-state index contributed by atoms with van der Waals surface area (Å²) in [4.78, 5) is 24.1. The van der Waals surface area contributed by atoms with Gasteiger partial charge in [0, 0.05) is 25.4 Å². The van der Waals surface area contributed by atoms with Gasteiger partial charge in [-0.15, -0.1) is 0 Å². The summed E-state index contributed by atoms with van der Waals surface area (Å²) in [7, 11) is 0. The number of carbonyl (C=O) groups is 2. The van der Waals surface area contributed by atoms with E-state index in [4.69, 9.17) is 0 Å². The minimum atomic E-state index is -0.0396. The van der Waals surface area contributed by atoms with Crippen molar-refractivity contribution >= 4 is 11.8 Å². The number of unbranched alkanes of at least 4 members (excludes halogenated alkanes) is 16. The van der Waals surface area contributed by atoms with Crippen molar-refractivity contribution in [2.45, 2.75) is 149 Å². The highest BCUT2D eigenvalue weighted by molar-refractivity contribution is 5.78. The van der Waals surface area contributed by atoms with E-state index in [0.717, 1.165) is 25.8 Å². The third-order valence-electron chi connectivity index (χ3n) is 6.43. The van der Waals surface area contributed by atoms with Gasteiger partial charge in [0.05, 0.1) is 0 Å². The average molecular weight is 453 g/mol. The van der Waals surface area contributed by atoms with Crippen LogP contribution in [0, 0.1) is 5.92 Å². The van der Waals surface area contributed by atoms with Crippen molar-refractivity contribution in [2.75, 3.05) is 13.1 Å². The van der Waals surface area contributed by atoms with Crippen molar-refractivity contribution < 1.29 is 9.59 Å². The van der Waals surface area contributed by atoms with E-state index in [9.17, 15) is 9.59 Å². The summed E-state index contributed by atoms with van der Waals surface area (Å²) >= 11 is 0. The smallest absolute Gasteiger partial charge is 0.222 e. The predicted molar refractivity (Wildman–Crippen MR) is 139 cm³/mol. The molecule has 0 aromatic rings. The number of amides is 2. The van der Waals surface area contributed by atoms with E-state index in [-0.39, 0.29) is 17.7 Å². The molecule has 0 saturated heterocycles. The summed E-state index contributed by atoms with van der Waals surface area (Å²) in [6.45, 7) is 7.81. The molecular weight excluding hydrogens is 396 g/mol. The Bertz CT molecular complexity index is 426. The fourth-order valence-corrected chi connectivity index (χ4v) is 4.07. The lowest BCUT2D eigenvalue weighted by Gasteiger charge is -2.13. The standard InChI is InChI=1S/C28H56N2O2/c1-4-6-8-10-11-12-13-14-15-16-17-18-20-22-27(31)29-25-23-26(3)28(32)30-24-21-19-9-7-5-2/h26H,4-25H2,1-3H3,(H,29,31)(H,30,32). The zero-order valence-corrected chi connectivity index (χ0v) is 22.0. The lowest BCUT2D eigenvalue weighted by Crippen LogP contribution is -2.33. The van der Waals surface area contributed by atoms with Gasteiger partial charge < -0.3 is 10.6 Å². The number of carbonyl (C=O) groups excluding carboxylic acids is 2. The van der Waals surface area contributed by atoms with Crippen LogP contribution in [-0.4, -0.2) is 24.9 Å². The van der Waals surface area contributed by atoms with Gasteiger partial charge in [0.15, 0.2) is 0 Å². The molecule has 1 atom stereocenters. The molecule has 0 aromatic carbocycles. The Kier molecular flexibility index (Phi) is 23.8. The Balaban J connectivity index is 3.40. The molecule has 2 amide bonds. The van der Waals surface area contributed by atoms with Crippen molar-refractivity contribution in [3.8, 4) is 0 Å². The second-order valence-corrected chi connectivity index (χ2v) is 9.74. The van der Waals surface area contributed by atoms with Gasteiger partial charge in [0.1, 0.15) is 0 Å². The summed E-state index contributed by atoms with van der Waals surface area (Å²) in [5.41, 5.74) is 0. The SMILES string of the molecule is CCCCCCCCCCCCCCCC(=O)NCCC(C)C(=O)NCCCCCCC. The Morgan fingerprint density at radius 3 is 1.50 bits per heavy atom. The largest absolute Gasteiger partial charge is 0.356 e. The summed E-state index contributed by atoms with van der Waals surface area (Å²) in [5.74, 6) is 0.213. The molecular formula is C28H56N2O2. The Morgan fingerprint density at radius 2 is 1.00 bits per heavy atom. The molecule has 0 saturated carbocycles. The van der Waals surface area contributed by atoms with Gasteiger partial charge in [-0.3, -0.25) is 9.59 Å². The van der Waals surface area contributed by atoms with Crippen LogP contribution in [-0.2, 0) is 9.59 Å². The van der Waals surface area contributed by atoms with E-state index in [1.165, 1.54) is 96.3 Å². The highest BCUT2D eigenvalue weighted by Crippen LogP contribution is 2.13. The minimum Gasteiger partial charge on any atom is -0.356 e. The molecule has 190 valence electrons. The van der Waals surface area contributed by atoms with E-state index < -0.39 is 0 Å². The predicted octanol–water partition coefficient (Wildman–Crippen LogP) is 7.70. The average Bonchev–Trinajstić information content (AvgIpc) is 2.79. The fraction of sp³-hybridized carbons (Fsp3) is 0.929. The van der Waals surface area contributed by atoms with E-state index >= 15 is 0 Å². The second kappa shape index (κ2) is 24.6. The first-order chi connectivity index (χ1) is 15.6. The maximum atomic E-state index is 12.1. The Hall–Kier alpha value is -1.06. The molecule has 2 N–H and O–H groups in total. The zero-order chi connectivity index (χ0) is 23.7. The summed E-state index contributed by atoms with van der Waals surface area (Å²) < 4.78 is 0. The van der Waals surface area contributed by atoms with Crippen LogP contribution in [0.1, 0.15) is 149 Å². The Labute approximate surface area is 200 Å². The lowest BCUT2D eigenvalue weighted by molar-refractivity contribution is -0.125. The van der Waals surface area contributed by atoms with Crippen LogP contribution < -0.4 is 10.6 Å². The van der Waals surface area contributed by atoms with E-state index in [0.29, 0.717) is 19.4 Å². The zero-order valence-electron chi connectivity index (χ0n) is 22.0. The normalized spacial score (nSPS) is 12.0. The molecule has 0 rings (SSSR count). The molecule has 0 spiro atoms. The number of hydrogen-bond acceptors (Lipinski definition) is 2. The highest BCUT2D eigenvalue weighted by atomic mass is 16.2. The third-order valence-corrected chi connectivity index (χ3v) is 6.43. The summed E-state index contributed by atoms with van der Waals surface area (Å²) in [6.07, 6.45) is 24.6. The highest BCUT2D eigenvalue weighted by Gasteiger charge is 2.12. The van der Waals surface area contributed by atoms with Gasteiger partial charge in [0.25, 0.3) is 0 Å². The van der Waals surface area contributed by atoms with Gasteiger partial charge in [0.2, 0.25) is 11.8 Å². The van der Waals surface area contributed by atoms with Crippen molar-refractivity contribution in [3.05, 3.63) is 0 Å². The Morgan fingerprint density at radius 1 is 0.562 bits per heavy atom. The third kappa shape index (κ3) is 22.1. The maximum absolute atomic E-state index is 12.1. The first-order valence-corrected chi connectivity index (χ1v) is 14.2. The van der Waals surface area contributed by atoms with Crippen molar-refractivity contribution in [1.82, 2.24) is 10.6 Å². The molecule has 0 aromatic heterocycles. The monoisotopic (exact) mass is 452 g/mol. The molecule has 1 unspecified atom stereocenters. The topological polar surface area (TPSA) is 58.2 Å². The number of nitrogens with one attached hydrogen (secondary N) is 2. The van der Waals surface area contributed by atoms with Crippen LogP contribution in [0.15, 0.2) is 0 Å². The van der Waals surface area contributed by atoms with Crippen molar-refractivity contribution in [2.24, 2.45) is 5.92 Å². The molecule has 0 bridgehead atoms. The quantitative estimate of drug-likeness (QED) is 0.147. The van der Waals surface area contributed by atoms with Gasteiger partial charge in [-0.2, -0.15) is 0 Å². The first-order valence-electron chi connectivity index (χ1n) is 14.2. The second-order valence-electron chi connectivity index (χ2n) is 9.74. The van der Waals surface area contributed by atoms with Crippen molar-refractivity contribution in [1.29, 1.82) is 0 Å². The molecule has 32 heavy (non-hydrogen) atoms. The first kappa shape index (κ1) is 30.9. The van der Waals surface area contributed by atoms with Gasteiger partial charge >= 0.3 is 0 Å². The van der Waals surface area contributed by atoms with Gasteiger partial charge in [-0.25, -0.2) is 0 Å². The molecule has 0 aliphatic carbocycles. The van der Waals surface area contributed by atoms with E-state index in [2.05, 4.69) is 24.5 Å². The maximum Gasteiger partial charge on any atom is 0.222 e. The molecule has 0 radical (unpaired) electrons. The van der Waals surface area contributed by atoms with E-state index in [1.54, 1.807) is 0 Å². The number of hydrogen-bond donors (Lipinski definition) is 2. The lowest BCUT2D eigenvalue weighted by atomic mass is 10.0. The van der Waals surface area contributed by atoms with Gasteiger partial charge in [-0.05, 0) is 19.3 Å². The fourth-order valence-electron chi connectivity index (χ4n) is 4.07. The van der Waals surface area contributed by atoms with Crippen molar-refractivity contribution in [3.63, 3.8) is 0 Å². The molecule has 0 heterocycles. The van der Waals surface area contributed by atoms with Crippen LogP contribution in [0.4, 0.5) is 0 Å². The van der Waals surface area contributed by atoms with Crippen LogP contribution in [0.2, 0.25) is 0 Å². The van der Waals surface area contributed by atoms with Crippen LogP contribution in [0.25, 0.3) is 0 Å². The van der Waals surface area contributed by atoms with Crippen LogP contribution in [0.5, 0.6) is 0 Å². The van der Waals surface area contributed by atoms with Gasteiger partial charge in [-0.1, -0.05) is 124 Å². The summed E-state index contributed by atoms with van der Waals surface area (Å²) in [5, 5.41) is 6.01. The number of rotatable bonds is 24. The molecule has 0 fully saturated rings. The molecule has 0 aliphatic heterocycles. The van der Waals surface area contributed by atoms with Crippen LogP contribution >= 0.6 is 0 Å².